The maximum Gasteiger partial charge on any atom is 0.306 e. The lowest BCUT2D eigenvalue weighted by atomic mass is 10.1. The van der Waals surface area contributed by atoms with Crippen molar-refractivity contribution in [3.8, 4) is 0 Å². The number of carbonyl (C=O) groups excluding carboxylic acids is 3. The van der Waals surface area contributed by atoms with Crippen LogP contribution in [0.15, 0.2) is 72.9 Å². The molecule has 0 aromatic carbocycles. The van der Waals surface area contributed by atoms with E-state index < -0.39 is 6.10 Å². The van der Waals surface area contributed by atoms with Gasteiger partial charge in [-0.25, -0.2) is 0 Å². The van der Waals surface area contributed by atoms with Crippen molar-refractivity contribution in [3.05, 3.63) is 72.9 Å². The Hall–Kier alpha value is -3.15. The van der Waals surface area contributed by atoms with Crippen molar-refractivity contribution in [1.29, 1.82) is 0 Å². The molecule has 0 radical (unpaired) electrons. The first-order valence-corrected chi connectivity index (χ1v) is 24.9. The average molecular weight is 837 g/mol. The van der Waals surface area contributed by atoms with Gasteiger partial charge < -0.3 is 14.2 Å². The lowest BCUT2D eigenvalue weighted by Gasteiger charge is -2.18. The standard InChI is InChI=1S/C54H92O6/c1-4-7-10-13-16-19-22-25-26-27-28-29-30-33-35-38-41-44-47-53(56)59-50-51(60-54(57)48-45-42-39-36-32-24-21-18-15-12-9-6-3)49-58-52(55)46-43-40-37-34-31-23-20-17-14-11-8-5-2/h8-9,11-12,17-18,20-21,28-29,32,36,51H,4-7,10,13-16,19,22-27,30-31,33-35,37-50H2,1-3H3/b11-8-,12-9-,20-17-,21-18-,29-28-,36-32-. The van der Waals surface area contributed by atoms with Gasteiger partial charge in [-0.15, -0.1) is 0 Å². The molecule has 0 N–H and O–H groups in total. The van der Waals surface area contributed by atoms with Crippen LogP contribution in [0, 0.1) is 0 Å². The fourth-order valence-electron chi connectivity index (χ4n) is 6.72. The Kier molecular flexibility index (Phi) is 46.0. The molecule has 0 aliphatic carbocycles. The fraction of sp³-hybridized carbons (Fsp3) is 0.722. The van der Waals surface area contributed by atoms with Crippen molar-refractivity contribution < 1.29 is 28.6 Å². The van der Waals surface area contributed by atoms with E-state index in [9.17, 15) is 14.4 Å². The Morgan fingerprint density at radius 1 is 0.350 bits per heavy atom. The summed E-state index contributed by atoms with van der Waals surface area (Å²) in [6.07, 6.45) is 60.4. The average Bonchev–Trinajstić information content (AvgIpc) is 3.24. The zero-order valence-corrected chi connectivity index (χ0v) is 39.2. The van der Waals surface area contributed by atoms with E-state index in [2.05, 4.69) is 93.7 Å². The SMILES string of the molecule is CC/C=C\C/C=C\C/C=C\CCCCC(=O)OC(COC(=O)CCCCCCC/C=C\C/C=C\CC)COC(=O)CCCCCCC/C=C\CCCCCCCCCCC. The number of unbranched alkanes of at least 4 members (excludes halogenated alkanes) is 21. The smallest absolute Gasteiger partial charge is 0.306 e. The Labute approximate surface area is 370 Å². The minimum atomic E-state index is -0.803. The number of esters is 3. The van der Waals surface area contributed by atoms with Crippen LogP contribution < -0.4 is 0 Å². The van der Waals surface area contributed by atoms with Crippen molar-refractivity contribution in [2.24, 2.45) is 0 Å². The molecule has 0 aromatic heterocycles. The van der Waals surface area contributed by atoms with Crippen molar-refractivity contribution in [2.45, 2.75) is 239 Å². The summed E-state index contributed by atoms with van der Waals surface area (Å²) >= 11 is 0. The summed E-state index contributed by atoms with van der Waals surface area (Å²) < 4.78 is 16.7. The van der Waals surface area contributed by atoms with Crippen LogP contribution in [0.4, 0.5) is 0 Å². The summed E-state index contributed by atoms with van der Waals surface area (Å²) in [6.45, 7) is 6.35. The summed E-state index contributed by atoms with van der Waals surface area (Å²) in [5, 5.41) is 0. The molecule has 0 aromatic rings. The van der Waals surface area contributed by atoms with Crippen molar-refractivity contribution in [2.75, 3.05) is 13.2 Å². The highest BCUT2D eigenvalue weighted by Gasteiger charge is 2.19. The monoisotopic (exact) mass is 837 g/mol. The molecule has 0 saturated heterocycles. The van der Waals surface area contributed by atoms with Gasteiger partial charge in [0, 0.05) is 19.3 Å². The van der Waals surface area contributed by atoms with E-state index in [1.165, 1.54) is 77.0 Å². The third-order valence-electron chi connectivity index (χ3n) is 10.4. The molecule has 0 saturated carbocycles. The number of carbonyl (C=O) groups is 3. The second kappa shape index (κ2) is 48.5. The van der Waals surface area contributed by atoms with Gasteiger partial charge in [-0.2, -0.15) is 0 Å². The highest BCUT2D eigenvalue weighted by atomic mass is 16.6. The minimum Gasteiger partial charge on any atom is -0.462 e. The van der Waals surface area contributed by atoms with Gasteiger partial charge in [-0.1, -0.05) is 184 Å². The molecule has 1 atom stereocenters. The largest absolute Gasteiger partial charge is 0.462 e. The van der Waals surface area contributed by atoms with Crippen LogP contribution in [0.2, 0.25) is 0 Å². The molecule has 0 bridgehead atoms. The topological polar surface area (TPSA) is 78.9 Å². The second-order valence-corrected chi connectivity index (χ2v) is 16.3. The number of ether oxygens (including phenoxy) is 3. The van der Waals surface area contributed by atoms with Gasteiger partial charge in [0.15, 0.2) is 6.10 Å². The van der Waals surface area contributed by atoms with Crippen LogP contribution in [0.1, 0.15) is 233 Å². The third-order valence-corrected chi connectivity index (χ3v) is 10.4. The van der Waals surface area contributed by atoms with Crippen molar-refractivity contribution in [1.82, 2.24) is 0 Å². The fourth-order valence-corrected chi connectivity index (χ4v) is 6.72. The van der Waals surface area contributed by atoms with Gasteiger partial charge in [-0.3, -0.25) is 14.4 Å². The first-order valence-electron chi connectivity index (χ1n) is 24.9. The number of allylic oxidation sites excluding steroid dienone is 12. The molecule has 1 unspecified atom stereocenters. The molecule has 0 spiro atoms. The minimum absolute atomic E-state index is 0.100. The van der Waals surface area contributed by atoms with Crippen LogP contribution in [0.25, 0.3) is 0 Å². The van der Waals surface area contributed by atoms with E-state index in [4.69, 9.17) is 14.2 Å². The third kappa shape index (κ3) is 45.9. The Bertz CT molecular complexity index is 1140. The van der Waals surface area contributed by atoms with E-state index in [1.54, 1.807) is 0 Å². The van der Waals surface area contributed by atoms with Crippen LogP contribution in [0.3, 0.4) is 0 Å². The highest BCUT2D eigenvalue weighted by Crippen LogP contribution is 2.14. The molecule has 0 fully saturated rings. The number of hydrogen-bond acceptors (Lipinski definition) is 6. The van der Waals surface area contributed by atoms with Gasteiger partial charge in [0.2, 0.25) is 0 Å². The molecule has 0 aliphatic heterocycles. The molecular formula is C54H92O6. The van der Waals surface area contributed by atoms with E-state index >= 15 is 0 Å². The van der Waals surface area contributed by atoms with Crippen LogP contribution >= 0.6 is 0 Å². The van der Waals surface area contributed by atoms with Gasteiger partial charge in [0.1, 0.15) is 13.2 Å². The van der Waals surface area contributed by atoms with Crippen LogP contribution in [-0.2, 0) is 28.6 Å². The maximum absolute atomic E-state index is 12.7. The molecule has 6 nitrogen and oxygen atoms in total. The van der Waals surface area contributed by atoms with Crippen molar-refractivity contribution >= 4 is 17.9 Å². The summed E-state index contributed by atoms with van der Waals surface area (Å²) in [5.74, 6) is -0.965. The molecule has 0 rings (SSSR count). The quantitative estimate of drug-likeness (QED) is 0.0263. The maximum atomic E-state index is 12.7. The van der Waals surface area contributed by atoms with Gasteiger partial charge in [0.05, 0.1) is 0 Å². The Morgan fingerprint density at radius 2 is 0.650 bits per heavy atom. The molecule has 344 valence electrons. The molecule has 0 amide bonds. The van der Waals surface area contributed by atoms with Gasteiger partial charge in [-0.05, 0) is 103 Å². The van der Waals surface area contributed by atoms with Crippen LogP contribution in [-0.4, -0.2) is 37.2 Å². The van der Waals surface area contributed by atoms with E-state index in [-0.39, 0.29) is 37.5 Å². The molecule has 0 aliphatic rings. The van der Waals surface area contributed by atoms with E-state index in [1.807, 2.05) is 0 Å². The first kappa shape index (κ1) is 56.9. The second-order valence-electron chi connectivity index (χ2n) is 16.3. The van der Waals surface area contributed by atoms with E-state index in [0.29, 0.717) is 19.3 Å². The van der Waals surface area contributed by atoms with Gasteiger partial charge >= 0.3 is 17.9 Å². The Balaban J connectivity index is 4.40. The zero-order valence-electron chi connectivity index (χ0n) is 39.2. The lowest BCUT2D eigenvalue weighted by molar-refractivity contribution is -0.167. The van der Waals surface area contributed by atoms with E-state index in [0.717, 1.165) is 109 Å². The Morgan fingerprint density at radius 3 is 1.07 bits per heavy atom. The van der Waals surface area contributed by atoms with Crippen LogP contribution in [0.5, 0.6) is 0 Å². The van der Waals surface area contributed by atoms with Gasteiger partial charge in [0.25, 0.3) is 0 Å². The molecule has 60 heavy (non-hydrogen) atoms. The predicted octanol–water partition coefficient (Wildman–Crippen LogP) is 16.3. The number of rotatable bonds is 44. The zero-order chi connectivity index (χ0) is 43.7. The highest BCUT2D eigenvalue weighted by molar-refractivity contribution is 5.71. The normalized spacial score (nSPS) is 12.7. The summed E-state index contributed by atoms with van der Waals surface area (Å²) in [6, 6.07) is 0. The van der Waals surface area contributed by atoms with Crippen molar-refractivity contribution in [3.63, 3.8) is 0 Å². The predicted molar refractivity (Wildman–Crippen MR) is 256 cm³/mol. The molecular weight excluding hydrogens is 745 g/mol. The molecule has 0 heterocycles. The summed E-state index contributed by atoms with van der Waals surface area (Å²) in [7, 11) is 0. The lowest BCUT2D eigenvalue weighted by Crippen LogP contribution is -2.30. The number of hydrogen-bond donors (Lipinski definition) is 0. The summed E-state index contributed by atoms with van der Waals surface area (Å²) in [4.78, 5) is 37.8. The molecule has 6 heteroatoms. The first-order chi connectivity index (χ1) is 29.5. The summed E-state index contributed by atoms with van der Waals surface area (Å²) in [5.41, 5.74) is 0.